The summed E-state index contributed by atoms with van der Waals surface area (Å²) in [6.45, 7) is 0. The van der Waals surface area contributed by atoms with Gasteiger partial charge in [0, 0.05) is 51.0 Å². The first-order valence-electron chi connectivity index (χ1n) is 18.4. The lowest BCUT2D eigenvalue weighted by molar-refractivity contribution is 0.150. The third-order valence-corrected chi connectivity index (χ3v) is 12.0. The van der Waals surface area contributed by atoms with E-state index in [2.05, 4.69) is 179 Å². The topological polar surface area (TPSA) is 26.6 Å². The molecule has 0 N–H and O–H groups in total. The highest BCUT2D eigenvalue weighted by Crippen LogP contribution is 2.56. The predicted octanol–water partition coefficient (Wildman–Crippen LogP) is 11.1. The number of ether oxygens (including phenoxy) is 2. The zero-order chi connectivity index (χ0) is 33.9. The molecule has 4 heterocycles. The van der Waals surface area contributed by atoms with Crippen LogP contribution in [0.25, 0.3) is 33.8 Å². The smallest absolute Gasteiger partial charge is 0.137 e. The summed E-state index contributed by atoms with van der Waals surface area (Å²) >= 11 is 0. The van der Waals surface area contributed by atoms with Gasteiger partial charge in [-0.2, -0.15) is 0 Å². The van der Waals surface area contributed by atoms with Gasteiger partial charge in [0.25, 0.3) is 0 Å². The van der Waals surface area contributed by atoms with E-state index in [1.165, 1.54) is 55.7 Å². The Balaban J connectivity index is 1.06. The molecule has 6 aliphatic rings. The highest BCUT2D eigenvalue weighted by molar-refractivity contribution is 5.93. The van der Waals surface area contributed by atoms with Gasteiger partial charge < -0.3 is 18.9 Å². The van der Waals surface area contributed by atoms with Gasteiger partial charge in [0.2, 0.25) is 0 Å². The van der Waals surface area contributed by atoms with Crippen LogP contribution < -0.4 is 9.64 Å². The Kier molecular flexibility index (Phi) is 5.81. The molecule has 12 rings (SSSR count). The van der Waals surface area contributed by atoms with Crippen molar-refractivity contribution in [2.45, 2.75) is 30.1 Å². The van der Waals surface area contributed by atoms with Crippen molar-refractivity contribution in [2.75, 3.05) is 4.90 Å². The molecule has 4 nitrogen and oxygen atoms in total. The molecule has 3 aliphatic heterocycles. The number of fused-ring (bicyclic) bond motifs is 13. The standard InChI is InChI=1S/C48H34N2O2/c1-2-12-29(13-3-1)30-26-31(49-39-18-8-4-16-37(39)45-41(49)24-22-35-33-14-6-10-20-43(33)51-47(35)45)28-32(27-30)50-40-19-9-5-17-38(40)46-42(50)25-23-36-34-15-7-11-21-44(34)52-48(36)46/h1-28,33,36,41,43,45,48H. The molecule has 6 aromatic rings. The maximum Gasteiger partial charge on any atom is 0.137 e. The molecule has 4 heteroatoms. The molecule has 5 aromatic carbocycles. The van der Waals surface area contributed by atoms with E-state index in [9.17, 15) is 0 Å². The van der Waals surface area contributed by atoms with Crippen molar-refractivity contribution in [3.05, 3.63) is 198 Å². The molecule has 0 saturated carbocycles. The molecule has 1 aromatic heterocycles. The van der Waals surface area contributed by atoms with Gasteiger partial charge in [0.1, 0.15) is 23.7 Å². The van der Waals surface area contributed by atoms with Gasteiger partial charge >= 0.3 is 0 Å². The second kappa shape index (κ2) is 10.6. The molecule has 0 bridgehead atoms. The summed E-state index contributed by atoms with van der Waals surface area (Å²) in [7, 11) is 0. The van der Waals surface area contributed by atoms with Gasteiger partial charge in [-0.1, -0.05) is 121 Å². The average molecular weight is 671 g/mol. The first kappa shape index (κ1) is 28.4. The SMILES string of the molecule is C1=CC2OC3=C(C=CC4C3c3ccccc3N4c3cc(-c4ccccc4)cc(-n4c5c(c6ccccc64)C4Oc6ccccc6C4C=C5)c3)C2C=C1. The van der Waals surface area contributed by atoms with E-state index < -0.39 is 0 Å². The summed E-state index contributed by atoms with van der Waals surface area (Å²) in [4.78, 5) is 2.55. The van der Waals surface area contributed by atoms with Crippen LogP contribution in [-0.2, 0) is 4.74 Å². The Labute approximate surface area is 302 Å². The third kappa shape index (κ3) is 3.87. The molecular weight excluding hydrogens is 637 g/mol. The van der Waals surface area contributed by atoms with Crippen molar-refractivity contribution in [3.63, 3.8) is 0 Å². The van der Waals surface area contributed by atoms with Crippen molar-refractivity contribution in [1.29, 1.82) is 0 Å². The lowest BCUT2D eigenvalue weighted by Crippen LogP contribution is -2.31. The molecule has 0 fully saturated rings. The zero-order valence-corrected chi connectivity index (χ0v) is 28.3. The molecule has 6 unspecified atom stereocenters. The summed E-state index contributed by atoms with van der Waals surface area (Å²) in [5, 5.41) is 1.24. The number of benzene rings is 5. The highest BCUT2D eigenvalue weighted by Gasteiger charge is 2.48. The summed E-state index contributed by atoms with van der Waals surface area (Å²) in [6, 6.07) is 44.2. The van der Waals surface area contributed by atoms with Crippen LogP contribution in [0.4, 0.5) is 11.4 Å². The van der Waals surface area contributed by atoms with E-state index in [-0.39, 0.29) is 36.0 Å². The van der Waals surface area contributed by atoms with Crippen LogP contribution >= 0.6 is 0 Å². The number of nitrogens with zero attached hydrogens (tertiary/aromatic N) is 2. The molecule has 6 atom stereocenters. The van der Waals surface area contributed by atoms with E-state index >= 15 is 0 Å². The minimum Gasteiger partial charge on any atom is -0.489 e. The van der Waals surface area contributed by atoms with Crippen LogP contribution in [-0.4, -0.2) is 16.7 Å². The van der Waals surface area contributed by atoms with Crippen molar-refractivity contribution in [3.8, 4) is 22.6 Å². The van der Waals surface area contributed by atoms with Crippen molar-refractivity contribution >= 4 is 28.4 Å². The van der Waals surface area contributed by atoms with Crippen LogP contribution in [0.2, 0.25) is 0 Å². The fourth-order valence-electron chi connectivity index (χ4n) is 9.84. The van der Waals surface area contributed by atoms with Crippen LogP contribution in [0.1, 0.15) is 40.3 Å². The molecule has 0 amide bonds. The largest absolute Gasteiger partial charge is 0.489 e. The Bertz CT molecular complexity index is 2640. The Hall–Kier alpha value is -6.26. The number of para-hydroxylation sites is 3. The summed E-state index contributed by atoms with van der Waals surface area (Å²) in [6.07, 6.45) is 18.2. The van der Waals surface area contributed by atoms with E-state index in [1.807, 2.05) is 0 Å². The summed E-state index contributed by atoms with van der Waals surface area (Å²) < 4.78 is 16.0. The minimum atomic E-state index is -0.0683. The summed E-state index contributed by atoms with van der Waals surface area (Å²) in [5.74, 6) is 2.68. The molecule has 52 heavy (non-hydrogen) atoms. The first-order valence-corrected chi connectivity index (χ1v) is 18.4. The Morgan fingerprint density at radius 3 is 2.31 bits per heavy atom. The Morgan fingerprint density at radius 1 is 0.577 bits per heavy atom. The minimum absolute atomic E-state index is 0.0603. The first-order chi connectivity index (χ1) is 25.8. The fourth-order valence-corrected chi connectivity index (χ4v) is 9.84. The fraction of sp³-hybridized carbons (Fsp3) is 0.125. The van der Waals surface area contributed by atoms with Gasteiger partial charge in [-0.15, -0.1) is 0 Å². The number of hydrogen-bond acceptors (Lipinski definition) is 3. The van der Waals surface area contributed by atoms with Gasteiger partial charge in [0.15, 0.2) is 0 Å². The molecule has 0 spiro atoms. The lowest BCUT2D eigenvalue weighted by atomic mass is 9.82. The Morgan fingerprint density at radius 2 is 1.37 bits per heavy atom. The van der Waals surface area contributed by atoms with Crippen molar-refractivity contribution in [2.24, 2.45) is 5.92 Å². The molecule has 248 valence electrons. The van der Waals surface area contributed by atoms with E-state index in [0.29, 0.717) is 0 Å². The maximum atomic E-state index is 6.81. The lowest BCUT2D eigenvalue weighted by Gasteiger charge is -2.32. The van der Waals surface area contributed by atoms with Gasteiger partial charge in [-0.25, -0.2) is 0 Å². The van der Waals surface area contributed by atoms with Crippen LogP contribution in [0.5, 0.6) is 5.75 Å². The third-order valence-electron chi connectivity index (χ3n) is 12.0. The second-order valence-electron chi connectivity index (χ2n) is 14.7. The van der Waals surface area contributed by atoms with Gasteiger partial charge in [0.05, 0.1) is 23.2 Å². The van der Waals surface area contributed by atoms with Gasteiger partial charge in [-0.05, 0) is 65.2 Å². The number of aromatic nitrogens is 1. The van der Waals surface area contributed by atoms with Crippen LogP contribution in [0, 0.1) is 5.92 Å². The normalized spacial score (nSPS) is 25.2. The maximum absolute atomic E-state index is 6.81. The van der Waals surface area contributed by atoms with E-state index in [1.54, 1.807) is 0 Å². The molecule has 3 aliphatic carbocycles. The van der Waals surface area contributed by atoms with Crippen LogP contribution in [0.3, 0.4) is 0 Å². The highest BCUT2D eigenvalue weighted by atomic mass is 16.5. The molecular formula is C48H34N2O2. The number of hydrogen-bond donors (Lipinski definition) is 0. The second-order valence-corrected chi connectivity index (χ2v) is 14.7. The van der Waals surface area contributed by atoms with E-state index in [0.717, 1.165) is 22.9 Å². The van der Waals surface area contributed by atoms with E-state index in [4.69, 9.17) is 9.47 Å². The quantitative estimate of drug-likeness (QED) is 0.187. The molecule has 0 radical (unpaired) electrons. The van der Waals surface area contributed by atoms with Crippen LogP contribution in [0.15, 0.2) is 175 Å². The number of allylic oxidation sites excluding steroid dienone is 3. The van der Waals surface area contributed by atoms with Gasteiger partial charge in [-0.3, -0.25) is 0 Å². The zero-order valence-electron chi connectivity index (χ0n) is 28.3. The average Bonchev–Trinajstić information content (AvgIpc) is 3.95. The predicted molar refractivity (Wildman–Crippen MR) is 208 cm³/mol. The molecule has 0 saturated heterocycles. The monoisotopic (exact) mass is 670 g/mol. The van der Waals surface area contributed by atoms with Crippen molar-refractivity contribution in [1.82, 2.24) is 4.57 Å². The van der Waals surface area contributed by atoms with Crippen molar-refractivity contribution < 1.29 is 9.47 Å². The number of anilines is 2. The summed E-state index contributed by atoms with van der Waals surface area (Å²) in [5.41, 5.74) is 13.4. The number of rotatable bonds is 3.